The molecule has 10 nitrogen and oxygen atoms in total. The summed E-state index contributed by atoms with van der Waals surface area (Å²) in [5.41, 5.74) is 1.90. The minimum Gasteiger partial charge on any atom is -0.441 e. The van der Waals surface area contributed by atoms with Crippen molar-refractivity contribution >= 4 is 39.3 Å². The molecule has 2 aliphatic heterocycles. The van der Waals surface area contributed by atoms with Crippen LogP contribution in [0.15, 0.2) is 47.0 Å². The van der Waals surface area contributed by atoms with Gasteiger partial charge in [-0.05, 0) is 30.9 Å². The third-order valence-electron chi connectivity index (χ3n) is 7.30. The molecular formula is C28H32ClN5O5S. The van der Waals surface area contributed by atoms with E-state index in [9.17, 15) is 18.0 Å². The van der Waals surface area contributed by atoms with Crippen LogP contribution in [0.3, 0.4) is 0 Å². The third-order valence-corrected chi connectivity index (χ3v) is 8.81. The fourth-order valence-electron chi connectivity index (χ4n) is 5.11. The predicted molar refractivity (Wildman–Crippen MR) is 151 cm³/mol. The van der Waals surface area contributed by atoms with Gasteiger partial charge >= 0.3 is 0 Å². The number of aromatic nitrogens is 2. The number of carbonyl (C=O) groups is 2. The topological polar surface area (TPSA) is 126 Å². The number of oxazole rings is 1. The van der Waals surface area contributed by atoms with E-state index in [-0.39, 0.29) is 11.7 Å². The number of nitrogens with one attached hydrogen (secondary N) is 1. The monoisotopic (exact) mass is 585 g/mol. The summed E-state index contributed by atoms with van der Waals surface area (Å²) in [6.45, 7) is 3.91. The molecule has 5 rings (SSSR count). The molecule has 2 fully saturated rings. The van der Waals surface area contributed by atoms with Crippen LogP contribution in [0.1, 0.15) is 49.6 Å². The Kier molecular flexibility index (Phi) is 8.41. The van der Waals surface area contributed by atoms with Crippen molar-refractivity contribution in [2.45, 2.75) is 51.3 Å². The summed E-state index contributed by atoms with van der Waals surface area (Å²) in [6, 6.07) is 10.5. The standard InChI is InChI=1S/C28H32ClN5O5S/c1-2-21-16-30-28(39-21)22-15-23(29)26(31-24(22)17-34-12-6-9-25(34)35)33-13-10-20(11-14-33)27(36)32-40(37,38)18-19-7-4-3-5-8-19/h3-5,7-8,15-16,20H,2,6,9-14,17-18H2,1H3,(H,32,36). The van der Waals surface area contributed by atoms with Crippen LogP contribution in [0.5, 0.6) is 0 Å². The molecule has 0 aliphatic carbocycles. The Labute approximate surface area is 238 Å². The number of pyridine rings is 1. The van der Waals surface area contributed by atoms with Crippen molar-refractivity contribution in [3.63, 3.8) is 0 Å². The largest absolute Gasteiger partial charge is 0.441 e. The maximum absolute atomic E-state index is 12.8. The number of amides is 2. The molecule has 3 aromatic rings. The Balaban J connectivity index is 1.30. The van der Waals surface area contributed by atoms with Crippen LogP contribution < -0.4 is 9.62 Å². The number of halogens is 1. The molecule has 4 heterocycles. The van der Waals surface area contributed by atoms with Crippen molar-refractivity contribution in [1.29, 1.82) is 0 Å². The number of sulfonamides is 1. The van der Waals surface area contributed by atoms with Crippen LogP contribution in [0.4, 0.5) is 5.82 Å². The second kappa shape index (κ2) is 12.0. The summed E-state index contributed by atoms with van der Waals surface area (Å²) >= 11 is 6.72. The van der Waals surface area contributed by atoms with E-state index in [1.54, 1.807) is 41.4 Å². The van der Waals surface area contributed by atoms with Gasteiger partial charge in [-0.2, -0.15) is 0 Å². The highest BCUT2D eigenvalue weighted by atomic mass is 35.5. The summed E-state index contributed by atoms with van der Waals surface area (Å²) in [5, 5.41) is 0.413. The normalized spacial score (nSPS) is 16.5. The molecule has 2 saturated heterocycles. The van der Waals surface area contributed by atoms with Crippen molar-refractivity contribution in [3.05, 3.63) is 64.6 Å². The maximum Gasteiger partial charge on any atom is 0.239 e. The van der Waals surface area contributed by atoms with E-state index in [1.165, 1.54) is 0 Å². The van der Waals surface area contributed by atoms with E-state index in [0.29, 0.717) is 85.4 Å². The van der Waals surface area contributed by atoms with Crippen molar-refractivity contribution in [2.24, 2.45) is 5.92 Å². The fraction of sp³-hybridized carbons (Fsp3) is 0.429. The van der Waals surface area contributed by atoms with Gasteiger partial charge in [0, 0.05) is 38.4 Å². The minimum absolute atomic E-state index is 0.0833. The van der Waals surface area contributed by atoms with Gasteiger partial charge in [0.15, 0.2) is 0 Å². The summed E-state index contributed by atoms with van der Waals surface area (Å²) in [4.78, 5) is 38.3. The van der Waals surface area contributed by atoms with Crippen LogP contribution in [0, 0.1) is 5.92 Å². The first kappa shape index (κ1) is 28.1. The summed E-state index contributed by atoms with van der Waals surface area (Å²) in [5.74, 6) is 0.604. The van der Waals surface area contributed by atoms with Crippen LogP contribution >= 0.6 is 11.6 Å². The number of aryl methyl sites for hydroxylation is 1. The average molecular weight is 586 g/mol. The van der Waals surface area contributed by atoms with Crippen LogP contribution in [-0.2, 0) is 38.3 Å². The number of benzene rings is 1. The Morgan fingerprint density at radius 3 is 2.58 bits per heavy atom. The Morgan fingerprint density at radius 1 is 1.18 bits per heavy atom. The molecule has 40 heavy (non-hydrogen) atoms. The number of carbonyl (C=O) groups excluding carboxylic acids is 2. The van der Waals surface area contributed by atoms with Gasteiger partial charge in [-0.3, -0.25) is 14.3 Å². The SMILES string of the molecule is CCc1cnc(-c2cc(Cl)c(N3CCC(C(=O)NS(=O)(=O)Cc4ccccc4)CC3)nc2CN2CCCC2=O)o1. The molecule has 12 heteroatoms. The van der Waals surface area contributed by atoms with E-state index in [1.807, 2.05) is 17.9 Å². The number of nitrogens with zero attached hydrogens (tertiary/aromatic N) is 4. The lowest BCUT2D eigenvalue weighted by Crippen LogP contribution is -2.43. The van der Waals surface area contributed by atoms with Crippen LogP contribution in [-0.4, -0.2) is 54.7 Å². The number of hydrogen-bond donors (Lipinski definition) is 1. The highest BCUT2D eigenvalue weighted by Crippen LogP contribution is 2.35. The van der Waals surface area contributed by atoms with Crippen molar-refractivity contribution in [2.75, 3.05) is 24.5 Å². The summed E-state index contributed by atoms with van der Waals surface area (Å²) in [7, 11) is -3.80. The molecule has 2 amide bonds. The number of piperidine rings is 1. The van der Waals surface area contributed by atoms with Gasteiger partial charge in [-0.25, -0.2) is 18.4 Å². The number of likely N-dealkylation sites (tertiary alicyclic amines) is 1. The lowest BCUT2D eigenvalue weighted by atomic mass is 9.96. The number of anilines is 1. The zero-order valence-electron chi connectivity index (χ0n) is 22.3. The molecule has 2 aliphatic rings. The van der Waals surface area contributed by atoms with E-state index in [4.69, 9.17) is 21.0 Å². The van der Waals surface area contributed by atoms with Gasteiger partial charge in [0.2, 0.25) is 27.7 Å². The second-order valence-electron chi connectivity index (χ2n) is 10.2. The van der Waals surface area contributed by atoms with E-state index < -0.39 is 21.8 Å². The highest BCUT2D eigenvalue weighted by molar-refractivity contribution is 7.89. The van der Waals surface area contributed by atoms with Gasteiger partial charge in [0.25, 0.3) is 0 Å². The Morgan fingerprint density at radius 2 is 1.93 bits per heavy atom. The predicted octanol–water partition coefficient (Wildman–Crippen LogP) is 3.94. The Hall–Kier alpha value is -3.44. The fourth-order valence-corrected chi connectivity index (χ4v) is 6.56. The first-order valence-electron chi connectivity index (χ1n) is 13.5. The van der Waals surface area contributed by atoms with Crippen molar-refractivity contribution in [1.82, 2.24) is 19.6 Å². The van der Waals surface area contributed by atoms with Gasteiger partial charge in [-0.15, -0.1) is 0 Å². The average Bonchev–Trinajstić information content (AvgIpc) is 3.58. The first-order valence-corrected chi connectivity index (χ1v) is 15.5. The minimum atomic E-state index is -3.80. The van der Waals surface area contributed by atoms with Gasteiger partial charge in [0.1, 0.15) is 11.6 Å². The molecule has 1 aromatic carbocycles. The van der Waals surface area contributed by atoms with E-state index in [2.05, 4.69) is 9.71 Å². The van der Waals surface area contributed by atoms with Crippen LogP contribution in [0.2, 0.25) is 5.02 Å². The third kappa shape index (κ3) is 6.47. The Bertz CT molecular complexity index is 1490. The van der Waals surface area contributed by atoms with Gasteiger partial charge < -0.3 is 14.2 Å². The molecule has 0 unspecified atom stereocenters. The van der Waals surface area contributed by atoms with Crippen LogP contribution in [0.25, 0.3) is 11.5 Å². The lowest BCUT2D eigenvalue weighted by Gasteiger charge is -2.33. The molecule has 2 aromatic heterocycles. The zero-order chi connectivity index (χ0) is 28.3. The zero-order valence-corrected chi connectivity index (χ0v) is 23.9. The number of hydrogen-bond acceptors (Lipinski definition) is 8. The summed E-state index contributed by atoms with van der Waals surface area (Å²) in [6.07, 6.45) is 4.60. The quantitative estimate of drug-likeness (QED) is 0.400. The number of rotatable bonds is 9. The van der Waals surface area contributed by atoms with Crippen molar-refractivity contribution in [3.8, 4) is 11.5 Å². The molecule has 0 saturated carbocycles. The van der Waals surface area contributed by atoms with Gasteiger partial charge in [-0.1, -0.05) is 48.9 Å². The van der Waals surface area contributed by atoms with Crippen molar-refractivity contribution < 1.29 is 22.4 Å². The van der Waals surface area contributed by atoms with E-state index >= 15 is 0 Å². The molecule has 0 atom stereocenters. The van der Waals surface area contributed by atoms with E-state index in [0.717, 1.165) is 12.2 Å². The smallest absolute Gasteiger partial charge is 0.239 e. The maximum atomic E-state index is 12.8. The molecular weight excluding hydrogens is 554 g/mol. The molecule has 1 N–H and O–H groups in total. The molecule has 0 bridgehead atoms. The molecule has 0 radical (unpaired) electrons. The first-order chi connectivity index (χ1) is 19.2. The highest BCUT2D eigenvalue weighted by Gasteiger charge is 2.31. The molecule has 0 spiro atoms. The lowest BCUT2D eigenvalue weighted by molar-refractivity contribution is -0.128. The second-order valence-corrected chi connectivity index (χ2v) is 12.3. The summed E-state index contributed by atoms with van der Waals surface area (Å²) < 4.78 is 33.2. The molecule has 212 valence electrons. The van der Waals surface area contributed by atoms with Gasteiger partial charge in [0.05, 0.1) is 34.8 Å².